The zero-order valence-corrected chi connectivity index (χ0v) is 14.8. The molecule has 0 unspecified atom stereocenters. The van der Waals surface area contributed by atoms with Gasteiger partial charge in [-0.15, -0.1) is 0 Å². The van der Waals surface area contributed by atoms with Gasteiger partial charge in [-0.25, -0.2) is 4.98 Å². The molecule has 136 valence electrons. The topological polar surface area (TPSA) is 72.0 Å². The quantitative estimate of drug-likeness (QED) is 0.809. The van der Waals surface area contributed by atoms with Crippen LogP contribution in [0.15, 0.2) is 30.3 Å². The van der Waals surface area contributed by atoms with Crippen molar-refractivity contribution in [3.8, 4) is 5.75 Å². The first kappa shape index (κ1) is 16.8. The lowest BCUT2D eigenvalue weighted by atomic mass is 10.1. The molecule has 2 aliphatic heterocycles. The molecule has 7 heteroatoms. The second-order valence-electron chi connectivity index (χ2n) is 6.77. The summed E-state index contributed by atoms with van der Waals surface area (Å²) in [6, 6.07) is 9.10. The summed E-state index contributed by atoms with van der Waals surface area (Å²) in [5.41, 5.74) is 1.04. The van der Waals surface area contributed by atoms with Crippen LogP contribution in [0, 0.1) is 5.92 Å². The summed E-state index contributed by atoms with van der Waals surface area (Å²) < 4.78 is 11.0. The zero-order valence-electron chi connectivity index (χ0n) is 14.8. The Balaban J connectivity index is 1.69. The van der Waals surface area contributed by atoms with E-state index in [1.165, 1.54) is 0 Å². The molecule has 0 spiro atoms. The summed E-state index contributed by atoms with van der Waals surface area (Å²) in [6.45, 7) is 1.57. The standard InChI is InChI=1S/C19H21N3O4/c1-21-13-9-22(8-12(18(21)23)10-26-11-13)19(24)16-7-17(25-2)14-5-3-4-6-15(14)20-16/h3-7,12-13H,8-11H2,1-2H3/t12-,13+/m1/s1. The number of ether oxygens (including phenoxy) is 2. The highest BCUT2D eigenvalue weighted by molar-refractivity contribution is 5.97. The van der Waals surface area contributed by atoms with Crippen molar-refractivity contribution < 1.29 is 19.1 Å². The number of methoxy groups -OCH3 is 1. The predicted molar refractivity (Wildman–Crippen MR) is 95.1 cm³/mol. The first-order valence-electron chi connectivity index (χ1n) is 8.66. The highest BCUT2D eigenvalue weighted by atomic mass is 16.5. The van der Waals surface area contributed by atoms with Crippen LogP contribution < -0.4 is 4.74 Å². The van der Waals surface area contributed by atoms with Crippen molar-refractivity contribution in [2.75, 3.05) is 40.5 Å². The van der Waals surface area contributed by atoms with E-state index in [2.05, 4.69) is 4.98 Å². The normalized spacial score (nSPS) is 23.1. The third-order valence-electron chi connectivity index (χ3n) is 5.15. The van der Waals surface area contributed by atoms with E-state index in [4.69, 9.17) is 9.47 Å². The molecule has 2 bridgehead atoms. The highest BCUT2D eigenvalue weighted by Gasteiger charge is 2.39. The minimum Gasteiger partial charge on any atom is -0.496 e. The number of hydrogen-bond donors (Lipinski definition) is 0. The number of carbonyl (C=O) groups excluding carboxylic acids is 2. The van der Waals surface area contributed by atoms with Gasteiger partial charge in [0.25, 0.3) is 5.91 Å². The molecule has 2 amide bonds. The lowest BCUT2D eigenvalue weighted by Gasteiger charge is -2.29. The number of para-hydroxylation sites is 1. The fourth-order valence-electron chi connectivity index (χ4n) is 3.65. The average Bonchev–Trinajstić information content (AvgIpc) is 2.85. The summed E-state index contributed by atoms with van der Waals surface area (Å²) in [7, 11) is 3.36. The molecule has 2 fully saturated rings. The molecule has 1 aromatic carbocycles. The van der Waals surface area contributed by atoms with E-state index in [-0.39, 0.29) is 23.8 Å². The molecule has 1 aromatic heterocycles. The minimum atomic E-state index is -0.334. The number of benzene rings is 1. The molecule has 3 heterocycles. The van der Waals surface area contributed by atoms with E-state index in [0.29, 0.717) is 43.3 Å². The van der Waals surface area contributed by atoms with E-state index in [0.717, 1.165) is 5.39 Å². The smallest absolute Gasteiger partial charge is 0.272 e. The summed E-state index contributed by atoms with van der Waals surface area (Å²) in [4.78, 5) is 33.6. The maximum Gasteiger partial charge on any atom is 0.272 e. The molecule has 4 rings (SSSR count). The van der Waals surface area contributed by atoms with Crippen LogP contribution in [0.4, 0.5) is 0 Å². The number of carbonyl (C=O) groups is 2. The summed E-state index contributed by atoms with van der Waals surface area (Å²) in [6.07, 6.45) is 0. The van der Waals surface area contributed by atoms with Gasteiger partial charge >= 0.3 is 0 Å². The van der Waals surface area contributed by atoms with Gasteiger partial charge < -0.3 is 19.3 Å². The molecular formula is C19H21N3O4. The van der Waals surface area contributed by atoms with Crippen LogP contribution in [-0.2, 0) is 9.53 Å². The Bertz CT molecular complexity index is 869. The van der Waals surface area contributed by atoms with Crippen LogP contribution >= 0.6 is 0 Å². The number of nitrogens with zero attached hydrogens (tertiary/aromatic N) is 3. The number of pyridine rings is 1. The Labute approximate surface area is 151 Å². The maximum absolute atomic E-state index is 13.1. The molecule has 0 radical (unpaired) electrons. The Hall–Kier alpha value is -2.67. The van der Waals surface area contributed by atoms with Gasteiger partial charge in [-0.3, -0.25) is 9.59 Å². The van der Waals surface area contributed by atoms with Crippen molar-refractivity contribution in [2.45, 2.75) is 6.04 Å². The second kappa shape index (κ2) is 6.57. The molecule has 2 atom stereocenters. The van der Waals surface area contributed by atoms with Crippen molar-refractivity contribution in [3.05, 3.63) is 36.0 Å². The monoisotopic (exact) mass is 355 g/mol. The van der Waals surface area contributed by atoms with E-state index in [9.17, 15) is 9.59 Å². The molecule has 7 nitrogen and oxygen atoms in total. The third kappa shape index (κ3) is 2.78. The first-order chi connectivity index (χ1) is 12.6. The molecule has 0 aliphatic carbocycles. The van der Waals surface area contributed by atoms with Gasteiger partial charge in [-0.1, -0.05) is 12.1 Å². The van der Waals surface area contributed by atoms with E-state index >= 15 is 0 Å². The maximum atomic E-state index is 13.1. The number of rotatable bonds is 2. The van der Waals surface area contributed by atoms with Crippen LogP contribution in [0.1, 0.15) is 10.5 Å². The van der Waals surface area contributed by atoms with Crippen LogP contribution in [0.2, 0.25) is 0 Å². The van der Waals surface area contributed by atoms with Crippen molar-refractivity contribution in [2.24, 2.45) is 5.92 Å². The Morgan fingerprint density at radius 2 is 2.08 bits per heavy atom. The number of hydrogen-bond acceptors (Lipinski definition) is 5. The molecule has 26 heavy (non-hydrogen) atoms. The zero-order chi connectivity index (χ0) is 18.3. The molecule has 2 aromatic rings. The van der Waals surface area contributed by atoms with Crippen molar-refractivity contribution in [3.63, 3.8) is 0 Å². The molecular weight excluding hydrogens is 334 g/mol. The highest BCUT2D eigenvalue weighted by Crippen LogP contribution is 2.27. The lowest BCUT2D eigenvalue weighted by molar-refractivity contribution is -0.133. The Kier molecular flexibility index (Phi) is 4.24. The van der Waals surface area contributed by atoms with Crippen LogP contribution in [0.3, 0.4) is 0 Å². The molecule has 2 aliphatic rings. The predicted octanol–water partition coefficient (Wildman–Crippen LogP) is 1.17. The van der Waals surface area contributed by atoms with Gasteiger partial charge in [0.2, 0.25) is 5.91 Å². The van der Waals surface area contributed by atoms with Gasteiger partial charge in [0.1, 0.15) is 11.4 Å². The van der Waals surface area contributed by atoms with Crippen LogP contribution in [0.5, 0.6) is 5.75 Å². The molecule has 2 saturated heterocycles. The number of amides is 2. The lowest BCUT2D eigenvalue weighted by Crippen LogP contribution is -2.45. The van der Waals surface area contributed by atoms with Gasteiger partial charge in [-0.05, 0) is 12.1 Å². The Morgan fingerprint density at radius 1 is 1.27 bits per heavy atom. The number of aromatic nitrogens is 1. The summed E-state index contributed by atoms with van der Waals surface area (Å²) in [5.74, 6) is 0.130. The van der Waals surface area contributed by atoms with Crippen LogP contribution in [0.25, 0.3) is 10.9 Å². The van der Waals surface area contributed by atoms with Crippen LogP contribution in [-0.4, -0.2) is 73.1 Å². The fraction of sp³-hybridized carbons (Fsp3) is 0.421. The fourth-order valence-corrected chi connectivity index (χ4v) is 3.65. The van der Waals surface area contributed by atoms with Gasteiger partial charge in [-0.2, -0.15) is 0 Å². The van der Waals surface area contributed by atoms with Crippen molar-refractivity contribution >= 4 is 22.7 Å². The second-order valence-corrected chi connectivity index (χ2v) is 6.77. The Morgan fingerprint density at radius 3 is 2.88 bits per heavy atom. The third-order valence-corrected chi connectivity index (χ3v) is 5.15. The number of likely N-dealkylation sites (N-methyl/N-ethyl adjacent to an activating group) is 1. The van der Waals surface area contributed by atoms with Gasteiger partial charge in [0.05, 0.1) is 37.8 Å². The van der Waals surface area contributed by atoms with E-state index in [1.807, 2.05) is 24.3 Å². The van der Waals surface area contributed by atoms with Gasteiger partial charge in [0.15, 0.2) is 0 Å². The largest absolute Gasteiger partial charge is 0.496 e. The van der Waals surface area contributed by atoms with Crippen molar-refractivity contribution in [1.29, 1.82) is 0 Å². The first-order valence-corrected chi connectivity index (χ1v) is 8.66. The minimum absolute atomic E-state index is 0.0341. The summed E-state index contributed by atoms with van der Waals surface area (Å²) in [5, 5.41) is 0.864. The van der Waals surface area contributed by atoms with Gasteiger partial charge in [0, 0.05) is 31.6 Å². The summed E-state index contributed by atoms with van der Waals surface area (Å²) >= 11 is 0. The molecule has 0 saturated carbocycles. The number of fused-ring (bicyclic) bond motifs is 4. The SMILES string of the molecule is COc1cc(C(=O)N2C[C@@H]3COC[C@H](C2)N(C)C3=O)nc2ccccc12. The average molecular weight is 355 g/mol. The van der Waals surface area contributed by atoms with E-state index in [1.54, 1.807) is 30.0 Å². The molecule has 0 N–H and O–H groups in total. The van der Waals surface area contributed by atoms with E-state index < -0.39 is 0 Å². The van der Waals surface area contributed by atoms with Crippen molar-refractivity contribution in [1.82, 2.24) is 14.8 Å².